The van der Waals surface area contributed by atoms with Gasteiger partial charge in [-0.1, -0.05) is 49.6 Å². The molecular weight excluding hydrogens is 298 g/mol. The lowest BCUT2D eigenvalue weighted by Crippen LogP contribution is -2.30. The van der Waals surface area contributed by atoms with Crippen molar-refractivity contribution in [3.8, 4) is 11.3 Å². The lowest BCUT2D eigenvalue weighted by molar-refractivity contribution is -0.132. The predicted octanol–water partition coefficient (Wildman–Crippen LogP) is 4.01. The smallest absolute Gasteiger partial charge is 0.226 e. The van der Waals surface area contributed by atoms with Crippen LogP contribution in [0.3, 0.4) is 0 Å². The fraction of sp³-hybridized carbons (Fsp3) is 0.500. The van der Waals surface area contributed by atoms with E-state index in [2.05, 4.69) is 10.2 Å². The van der Waals surface area contributed by atoms with E-state index in [1.807, 2.05) is 48.3 Å². The van der Waals surface area contributed by atoms with Crippen molar-refractivity contribution in [1.82, 2.24) is 15.1 Å². The molecule has 2 aromatic rings. The molecule has 0 radical (unpaired) electrons. The first-order valence-corrected chi connectivity index (χ1v) is 9.03. The number of aromatic amines is 1. The summed E-state index contributed by atoms with van der Waals surface area (Å²) in [5, 5.41) is 7.46. The van der Waals surface area contributed by atoms with Crippen molar-refractivity contribution >= 4 is 5.91 Å². The molecular formula is C20H25N3O. The van der Waals surface area contributed by atoms with Crippen molar-refractivity contribution in [1.29, 1.82) is 0 Å². The lowest BCUT2D eigenvalue weighted by atomic mass is 9.84. The number of nitrogens with zero attached hydrogens (tertiary/aromatic N) is 2. The Kier molecular flexibility index (Phi) is 3.91. The maximum absolute atomic E-state index is 12.8. The van der Waals surface area contributed by atoms with Crippen LogP contribution < -0.4 is 0 Å². The third-order valence-electron chi connectivity index (χ3n) is 5.82. The van der Waals surface area contributed by atoms with Crippen LogP contribution in [0.4, 0.5) is 0 Å². The monoisotopic (exact) mass is 323 g/mol. The molecule has 126 valence electrons. The maximum Gasteiger partial charge on any atom is 0.226 e. The summed E-state index contributed by atoms with van der Waals surface area (Å²) in [7, 11) is 1.92. The molecule has 1 spiro atoms. The number of benzene rings is 1. The van der Waals surface area contributed by atoms with Gasteiger partial charge in [-0.05, 0) is 30.7 Å². The zero-order valence-corrected chi connectivity index (χ0v) is 14.3. The Labute approximate surface area is 143 Å². The van der Waals surface area contributed by atoms with E-state index in [0.29, 0.717) is 17.9 Å². The SMILES string of the molecule is CN(Cc1cc(-c2ccccc2)n[nH]1)C(=O)[C@H]1CC12CCCCC2. The summed E-state index contributed by atoms with van der Waals surface area (Å²) in [6.45, 7) is 0.602. The van der Waals surface area contributed by atoms with Crippen LogP contribution >= 0.6 is 0 Å². The van der Waals surface area contributed by atoms with Gasteiger partial charge in [0.1, 0.15) is 0 Å². The Hall–Kier alpha value is -2.10. The number of carbonyl (C=O) groups excluding carboxylic acids is 1. The van der Waals surface area contributed by atoms with Crippen LogP contribution in [0.15, 0.2) is 36.4 Å². The molecule has 2 aliphatic carbocycles. The maximum atomic E-state index is 12.8. The van der Waals surface area contributed by atoms with E-state index in [0.717, 1.165) is 23.4 Å². The molecule has 0 aliphatic heterocycles. The first-order valence-electron chi connectivity index (χ1n) is 9.03. The Morgan fingerprint density at radius 1 is 1.25 bits per heavy atom. The van der Waals surface area contributed by atoms with Crippen molar-refractivity contribution in [2.24, 2.45) is 11.3 Å². The molecule has 4 rings (SSSR count). The minimum atomic E-state index is 0.263. The molecule has 0 bridgehead atoms. The fourth-order valence-electron chi connectivity index (χ4n) is 4.30. The largest absolute Gasteiger partial charge is 0.340 e. The summed E-state index contributed by atoms with van der Waals surface area (Å²) in [6, 6.07) is 12.2. The molecule has 24 heavy (non-hydrogen) atoms. The molecule has 4 nitrogen and oxygen atoms in total. The van der Waals surface area contributed by atoms with Gasteiger partial charge in [0, 0.05) is 18.5 Å². The molecule has 1 atom stereocenters. The van der Waals surface area contributed by atoms with E-state index in [9.17, 15) is 4.79 Å². The van der Waals surface area contributed by atoms with E-state index >= 15 is 0 Å². The molecule has 2 saturated carbocycles. The fourth-order valence-corrected chi connectivity index (χ4v) is 4.30. The molecule has 2 fully saturated rings. The first kappa shape index (κ1) is 15.4. The quantitative estimate of drug-likeness (QED) is 0.924. The lowest BCUT2D eigenvalue weighted by Gasteiger charge is -2.24. The van der Waals surface area contributed by atoms with E-state index in [1.54, 1.807) is 0 Å². The normalized spacial score (nSPS) is 21.6. The van der Waals surface area contributed by atoms with Gasteiger partial charge in [-0.3, -0.25) is 9.89 Å². The highest BCUT2D eigenvalue weighted by Crippen LogP contribution is 2.61. The van der Waals surface area contributed by atoms with Gasteiger partial charge in [-0.25, -0.2) is 0 Å². The van der Waals surface area contributed by atoms with Crippen LogP contribution in [0.2, 0.25) is 0 Å². The van der Waals surface area contributed by atoms with Gasteiger partial charge in [-0.2, -0.15) is 5.10 Å². The molecule has 0 saturated heterocycles. The molecule has 1 amide bonds. The number of hydrogen-bond acceptors (Lipinski definition) is 2. The van der Waals surface area contributed by atoms with Crippen LogP contribution in [0, 0.1) is 11.3 Å². The minimum absolute atomic E-state index is 0.263. The number of hydrogen-bond donors (Lipinski definition) is 1. The number of aromatic nitrogens is 2. The molecule has 0 unspecified atom stereocenters. The highest BCUT2D eigenvalue weighted by Gasteiger charge is 2.58. The van der Waals surface area contributed by atoms with Gasteiger partial charge < -0.3 is 4.90 Å². The number of H-pyrrole nitrogens is 1. The molecule has 1 N–H and O–H groups in total. The topological polar surface area (TPSA) is 49.0 Å². The summed E-state index contributed by atoms with van der Waals surface area (Å²) in [5.41, 5.74) is 3.37. The number of amides is 1. The Morgan fingerprint density at radius 2 is 2.00 bits per heavy atom. The van der Waals surface area contributed by atoms with Crippen molar-refractivity contribution in [3.63, 3.8) is 0 Å². The summed E-state index contributed by atoms with van der Waals surface area (Å²) >= 11 is 0. The summed E-state index contributed by atoms with van der Waals surface area (Å²) in [5.74, 6) is 0.576. The number of rotatable bonds is 4. The Balaban J connectivity index is 1.39. The molecule has 1 aromatic carbocycles. The predicted molar refractivity (Wildman–Crippen MR) is 94.1 cm³/mol. The van der Waals surface area contributed by atoms with Crippen LogP contribution in [-0.2, 0) is 11.3 Å². The zero-order valence-electron chi connectivity index (χ0n) is 14.3. The van der Waals surface area contributed by atoms with Gasteiger partial charge in [0.05, 0.1) is 17.9 Å². The van der Waals surface area contributed by atoms with Gasteiger partial charge in [0.15, 0.2) is 0 Å². The Morgan fingerprint density at radius 3 is 2.75 bits per heavy atom. The average molecular weight is 323 g/mol. The highest BCUT2D eigenvalue weighted by molar-refractivity contribution is 5.82. The second-order valence-electron chi connectivity index (χ2n) is 7.52. The van der Waals surface area contributed by atoms with Gasteiger partial charge in [0.2, 0.25) is 5.91 Å². The van der Waals surface area contributed by atoms with Crippen LogP contribution in [0.5, 0.6) is 0 Å². The van der Waals surface area contributed by atoms with Crippen LogP contribution in [-0.4, -0.2) is 28.1 Å². The van der Waals surface area contributed by atoms with Crippen LogP contribution in [0.1, 0.15) is 44.2 Å². The third kappa shape index (κ3) is 2.85. The first-order chi connectivity index (χ1) is 11.7. The number of nitrogens with one attached hydrogen (secondary N) is 1. The van der Waals surface area contributed by atoms with E-state index < -0.39 is 0 Å². The van der Waals surface area contributed by atoms with Crippen LogP contribution in [0.25, 0.3) is 11.3 Å². The molecule has 4 heteroatoms. The summed E-state index contributed by atoms with van der Waals surface area (Å²) in [6.07, 6.45) is 7.55. The van der Waals surface area contributed by atoms with E-state index in [-0.39, 0.29) is 5.92 Å². The molecule has 1 heterocycles. The average Bonchev–Trinajstić information content (AvgIpc) is 3.09. The summed E-state index contributed by atoms with van der Waals surface area (Å²) < 4.78 is 0. The van der Waals surface area contributed by atoms with Crippen molar-refractivity contribution in [2.75, 3.05) is 7.05 Å². The van der Waals surface area contributed by atoms with Gasteiger partial charge in [0.25, 0.3) is 0 Å². The van der Waals surface area contributed by atoms with Gasteiger partial charge in [-0.15, -0.1) is 0 Å². The van der Waals surface area contributed by atoms with E-state index in [4.69, 9.17) is 0 Å². The van der Waals surface area contributed by atoms with Gasteiger partial charge >= 0.3 is 0 Å². The molecule has 2 aliphatic rings. The van der Waals surface area contributed by atoms with Crippen molar-refractivity contribution in [2.45, 2.75) is 45.1 Å². The highest BCUT2D eigenvalue weighted by atomic mass is 16.2. The van der Waals surface area contributed by atoms with Crippen molar-refractivity contribution in [3.05, 3.63) is 42.1 Å². The summed E-state index contributed by atoms with van der Waals surface area (Å²) in [4.78, 5) is 14.6. The Bertz CT molecular complexity index is 715. The van der Waals surface area contributed by atoms with E-state index in [1.165, 1.54) is 32.1 Å². The number of carbonyl (C=O) groups is 1. The second-order valence-corrected chi connectivity index (χ2v) is 7.52. The zero-order chi connectivity index (χ0) is 16.6. The van der Waals surface area contributed by atoms with Crippen molar-refractivity contribution < 1.29 is 4.79 Å². The second kappa shape index (κ2) is 6.08. The third-order valence-corrected chi connectivity index (χ3v) is 5.82. The molecule has 1 aromatic heterocycles. The standard InChI is InChI=1S/C20H25N3O/c1-23(19(24)17-13-20(17)10-6-3-7-11-20)14-16-12-18(22-21-16)15-8-4-2-5-9-15/h2,4-5,8-9,12,17H,3,6-7,10-11,13-14H2,1H3,(H,21,22)/t17-/m1/s1. The minimum Gasteiger partial charge on any atom is -0.340 e.